The van der Waals surface area contributed by atoms with Crippen LogP contribution in [0.1, 0.15) is 58.8 Å². The molecule has 0 aromatic carbocycles. The van der Waals surface area contributed by atoms with E-state index in [-0.39, 0.29) is 6.10 Å². The molecule has 1 saturated heterocycles. The van der Waals surface area contributed by atoms with Crippen molar-refractivity contribution in [2.75, 3.05) is 6.54 Å². The molecule has 1 aliphatic heterocycles. The highest BCUT2D eigenvalue weighted by Crippen LogP contribution is 2.34. The molecule has 0 spiro atoms. The Balaban J connectivity index is 2.03. The Hall–Kier alpha value is -0.0800. The topological polar surface area (TPSA) is 23.5 Å². The Bertz CT molecular complexity index is 217. The predicted octanol–water partition coefficient (Wildman–Crippen LogP) is 2.80. The summed E-state index contributed by atoms with van der Waals surface area (Å²) in [6.07, 6.45) is 8.81. The maximum absolute atomic E-state index is 10.2. The number of hydrogen-bond donors (Lipinski definition) is 1. The van der Waals surface area contributed by atoms with Crippen molar-refractivity contribution in [3.05, 3.63) is 0 Å². The fourth-order valence-electron chi connectivity index (χ4n) is 3.67. The smallest absolute Gasteiger partial charge is 0.0583 e. The second-order valence-electron chi connectivity index (χ2n) is 5.91. The molecule has 1 saturated carbocycles. The fraction of sp³-hybridized carbons (Fsp3) is 1.00. The SMILES string of the molecule is CC(C)N1CCCCC1C1CCCCC1O. The molecule has 2 rings (SSSR count). The van der Waals surface area contributed by atoms with Crippen molar-refractivity contribution in [1.29, 1.82) is 0 Å². The van der Waals surface area contributed by atoms with Gasteiger partial charge >= 0.3 is 0 Å². The standard InChI is InChI=1S/C14H27NO/c1-11(2)15-10-6-5-8-13(15)12-7-3-4-9-14(12)16/h11-14,16H,3-10H2,1-2H3. The van der Waals surface area contributed by atoms with Crippen molar-refractivity contribution in [2.24, 2.45) is 5.92 Å². The third-order valence-corrected chi connectivity index (χ3v) is 4.53. The average Bonchev–Trinajstić information content (AvgIpc) is 2.29. The molecule has 0 aromatic rings. The van der Waals surface area contributed by atoms with Gasteiger partial charge in [0.05, 0.1) is 6.10 Å². The number of rotatable bonds is 2. The molecule has 3 atom stereocenters. The van der Waals surface area contributed by atoms with Gasteiger partial charge in [-0.1, -0.05) is 19.3 Å². The van der Waals surface area contributed by atoms with Crippen molar-refractivity contribution < 1.29 is 5.11 Å². The van der Waals surface area contributed by atoms with Crippen LogP contribution >= 0.6 is 0 Å². The lowest BCUT2D eigenvalue weighted by molar-refractivity contribution is -0.0166. The lowest BCUT2D eigenvalue weighted by Gasteiger charge is -2.45. The summed E-state index contributed by atoms with van der Waals surface area (Å²) in [5, 5.41) is 10.2. The molecule has 2 nitrogen and oxygen atoms in total. The molecule has 1 N–H and O–H groups in total. The van der Waals surface area contributed by atoms with E-state index < -0.39 is 0 Å². The first-order valence-electron chi connectivity index (χ1n) is 7.14. The zero-order valence-electron chi connectivity index (χ0n) is 10.9. The molecular formula is C14H27NO. The first-order valence-corrected chi connectivity index (χ1v) is 7.14. The lowest BCUT2D eigenvalue weighted by Crippen LogP contribution is -2.51. The second kappa shape index (κ2) is 5.50. The van der Waals surface area contributed by atoms with E-state index in [1.165, 1.54) is 45.1 Å². The van der Waals surface area contributed by atoms with E-state index in [0.717, 1.165) is 6.42 Å². The van der Waals surface area contributed by atoms with E-state index in [9.17, 15) is 5.11 Å². The van der Waals surface area contributed by atoms with Crippen molar-refractivity contribution in [2.45, 2.75) is 77.0 Å². The van der Waals surface area contributed by atoms with Crippen molar-refractivity contribution in [3.63, 3.8) is 0 Å². The Morgan fingerprint density at radius 1 is 1.00 bits per heavy atom. The number of aliphatic hydroxyl groups excluding tert-OH is 1. The highest BCUT2D eigenvalue weighted by atomic mass is 16.3. The van der Waals surface area contributed by atoms with E-state index in [1.807, 2.05) is 0 Å². The van der Waals surface area contributed by atoms with Crippen LogP contribution in [0.25, 0.3) is 0 Å². The van der Waals surface area contributed by atoms with Gasteiger partial charge in [-0.05, 0) is 46.1 Å². The highest BCUT2D eigenvalue weighted by Gasteiger charge is 2.36. The first-order chi connectivity index (χ1) is 7.70. The molecule has 0 amide bonds. The third-order valence-electron chi connectivity index (χ3n) is 4.53. The molecular weight excluding hydrogens is 198 g/mol. The average molecular weight is 225 g/mol. The van der Waals surface area contributed by atoms with Crippen LogP contribution in [0.4, 0.5) is 0 Å². The number of likely N-dealkylation sites (tertiary alicyclic amines) is 1. The summed E-state index contributed by atoms with van der Waals surface area (Å²) in [5.41, 5.74) is 0. The van der Waals surface area contributed by atoms with Gasteiger partial charge in [-0.2, -0.15) is 0 Å². The normalized spacial score (nSPS) is 37.9. The Morgan fingerprint density at radius 3 is 2.38 bits per heavy atom. The van der Waals surface area contributed by atoms with Gasteiger partial charge < -0.3 is 5.11 Å². The Labute approximate surface area is 100 Å². The minimum Gasteiger partial charge on any atom is -0.393 e. The van der Waals surface area contributed by atoms with Crippen LogP contribution in [-0.2, 0) is 0 Å². The lowest BCUT2D eigenvalue weighted by atomic mass is 9.77. The van der Waals surface area contributed by atoms with Gasteiger partial charge in [0, 0.05) is 18.0 Å². The summed E-state index contributed by atoms with van der Waals surface area (Å²) in [6.45, 7) is 5.84. The van der Waals surface area contributed by atoms with Crippen LogP contribution in [0, 0.1) is 5.92 Å². The van der Waals surface area contributed by atoms with Crippen molar-refractivity contribution in [1.82, 2.24) is 4.90 Å². The Kier molecular flexibility index (Phi) is 4.26. The quantitative estimate of drug-likeness (QED) is 0.781. The highest BCUT2D eigenvalue weighted by molar-refractivity contribution is 4.90. The Morgan fingerprint density at radius 2 is 1.69 bits per heavy atom. The number of piperidine rings is 1. The van der Waals surface area contributed by atoms with Gasteiger partial charge in [-0.25, -0.2) is 0 Å². The van der Waals surface area contributed by atoms with E-state index in [1.54, 1.807) is 0 Å². The third kappa shape index (κ3) is 2.60. The largest absolute Gasteiger partial charge is 0.393 e. The summed E-state index contributed by atoms with van der Waals surface area (Å²) >= 11 is 0. The summed E-state index contributed by atoms with van der Waals surface area (Å²) < 4.78 is 0. The molecule has 2 fully saturated rings. The molecule has 94 valence electrons. The molecule has 1 aliphatic carbocycles. The maximum Gasteiger partial charge on any atom is 0.0583 e. The van der Waals surface area contributed by atoms with Crippen LogP contribution in [-0.4, -0.2) is 34.7 Å². The molecule has 16 heavy (non-hydrogen) atoms. The molecule has 0 bridgehead atoms. The zero-order chi connectivity index (χ0) is 11.5. The summed E-state index contributed by atoms with van der Waals surface area (Å²) in [5.74, 6) is 0.552. The van der Waals surface area contributed by atoms with Gasteiger partial charge in [-0.3, -0.25) is 4.90 Å². The van der Waals surface area contributed by atoms with Gasteiger partial charge in [0.1, 0.15) is 0 Å². The van der Waals surface area contributed by atoms with E-state index >= 15 is 0 Å². The van der Waals surface area contributed by atoms with Gasteiger partial charge in [0.15, 0.2) is 0 Å². The van der Waals surface area contributed by atoms with Crippen LogP contribution in [0.5, 0.6) is 0 Å². The van der Waals surface area contributed by atoms with E-state index in [2.05, 4.69) is 18.7 Å². The molecule has 3 unspecified atom stereocenters. The molecule has 2 aliphatic rings. The summed E-state index contributed by atoms with van der Waals surface area (Å²) in [6, 6.07) is 1.29. The van der Waals surface area contributed by atoms with Crippen LogP contribution in [0.15, 0.2) is 0 Å². The van der Waals surface area contributed by atoms with Crippen molar-refractivity contribution >= 4 is 0 Å². The van der Waals surface area contributed by atoms with Crippen LogP contribution < -0.4 is 0 Å². The predicted molar refractivity (Wildman–Crippen MR) is 67.4 cm³/mol. The molecule has 0 aromatic heterocycles. The summed E-state index contributed by atoms with van der Waals surface area (Å²) in [4.78, 5) is 2.64. The fourth-order valence-corrected chi connectivity index (χ4v) is 3.67. The number of aliphatic hydroxyl groups is 1. The maximum atomic E-state index is 10.2. The molecule has 1 heterocycles. The summed E-state index contributed by atoms with van der Waals surface area (Å²) in [7, 11) is 0. The minimum atomic E-state index is -0.0295. The zero-order valence-corrected chi connectivity index (χ0v) is 10.9. The second-order valence-corrected chi connectivity index (χ2v) is 5.91. The van der Waals surface area contributed by atoms with Crippen LogP contribution in [0.2, 0.25) is 0 Å². The monoisotopic (exact) mass is 225 g/mol. The first kappa shape index (κ1) is 12.4. The molecule has 0 radical (unpaired) electrons. The number of nitrogens with zero attached hydrogens (tertiary/aromatic N) is 1. The van der Waals surface area contributed by atoms with Crippen molar-refractivity contribution in [3.8, 4) is 0 Å². The van der Waals surface area contributed by atoms with Gasteiger partial charge in [-0.15, -0.1) is 0 Å². The van der Waals surface area contributed by atoms with Gasteiger partial charge in [0.25, 0.3) is 0 Å². The minimum absolute atomic E-state index is 0.0295. The van der Waals surface area contributed by atoms with E-state index in [0.29, 0.717) is 18.0 Å². The van der Waals surface area contributed by atoms with Crippen LogP contribution in [0.3, 0.4) is 0 Å². The van der Waals surface area contributed by atoms with E-state index in [4.69, 9.17) is 0 Å². The number of hydrogen-bond acceptors (Lipinski definition) is 2. The van der Waals surface area contributed by atoms with Gasteiger partial charge in [0.2, 0.25) is 0 Å². The molecule has 2 heteroatoms.